The lowest BCUT2D eigenvalue weighted by Gasteiger charge is -2.34. The van der Waals surface area contributed by atoms with E-state index in [0.717, 1.165) is 60.3 Å². The summed E-state index contributed by atoms with van der Waals surface area (Å²) >= 11 is 0. The molecule has 1 aliphatic carbocycles. The Hall–Kier alpha value is -3.80. The van der Waals surface area contributed by atoms with Crippen molar-refractivity contribution in [2.45, 2.75) is 37.8 Å². The van der Waals surface area contributed by atoms with E-state index in [9.17, 15) is 4.39 Å². The number of terminal acetylenes is 1. The molecule has 2 saturated heterocycles. The Bertz CT molecular complexity index is 1650. The zero-order valence-electron chi connectivity index (χ0n) is 23.0. The predicted molar refractivity (Wildman–Crippen MR) is 156 cm³/mol. The molecule has 0 amide bonds. The van der Waals surface area contributed by atoms with Gasteiger partial charge in [0.2, 0.25) is 0 Å². The first kappa shape index (κ1) is 25.2. The van der Waals surface area contributed by atoms with Gasteiger partial charge < -0.3 is 19.9 Å². The van der Waals surface area contributed by atoms with Gasteiger partial charge in [0.25, 0.3) is 0 Å². The first-order chi connectivity index (χ1) is 19.4. The van der Waals surface area contributed by atoms with Gasteiger partial charge in [-0.15, -0.1) is 6.42 Å². The molecule has 204 valence electrons. The minimum Gasteiger partial charge on any atom is -0.463 e. The molecule has 7 nitrogen and oxygen atoms in total. The van der Waals surface area contributed by atoms with Gasteiger partial charge in [-0.3, -0.25) is 4.98 Å². The van der Waals surface area contributed by atoms with Crippen molar-refractivity contribution in [2.24, 2.45) is 5.41 Å². The maximum absolute atomic E-state index is 14.7. The summed E-state index contributed by atoms with van der Waals surface area (Å²) < 4.78 is 21.0. The van der Waals surface area contributed by atoms with Crippen LogP contribution in [0.5, 0.6) is 6.01 Å². The van der Waals surface area contributed by atoms with Gasteiger partial charge in [-0.25, -0.2) is 4.39 Å². The van der Waals surface area contributed by atoms with Crippen LogP contribution in [0.1, 0.15) is 31.2 Å². The molecule has 1 N–H and O–H groups in total. The standard InChI is InChI=1S/C32H33FN6O/c1-4-24-26(33)11-8-20-6-5-7-25(28(20)24)21-14-27-29(34-15-21)30(39-16-22-9-10-23(17-39)35-22)37-31(36-27)40-19-32(12-13-32)18-38(2)3/h1,5-8,11,14-15,22-23,35H,9-10,12-13,16-19H2,2-3H3. The summed E-state index contributed by atoms with van der Waals surface area (Å²) in [4.78, 5) is 19.2. The van der Waals surface area contributed by atoms with E-state index in [1.807, 2.05) is 30.5 Å². The van der Waals surface area contributed by atoms with Crippen LogP contribution < -0.4 is 15.0 Å². The number of nitrogens with one attached hydrogen (secondary N) is 1. The molecular formula is C32H33FN6O. The second-order valence-electron chi connectivity index (χ2n) is 12.0. The Balaban J connectivity index is 1.33. The number of hydrogen-bond acceptors (Lipinski definition) is 7. The summed E-state index contributed by atoms with van der Waals surface area (Å²) in [6, 6.07) is 12.3. The number of rotatable bonds is 7. The Labute approximate surface area is 233 Å². The fourth-order valence-corrected chi connectivity index (χ4v) is 6.53. The van der Waals surface area contributed by atoms with Gasteiger partial charge in [0.1, 0.15) is 11.3 Å². The topological polar surface area (TPSA) is 66.4 Å². The molecule has 3 fully saturated rings. The summed E-state index contributed by atoms with van der Waals surface area (Å²) in [5.74, 6) is 2.96. The molecule has 1 saturated carbocycles. The summed E-state index contributed by atoms with van der Waals surface area (Å²) in [6.07, 6.45) is 12.2. The van der Waals surface area contributed by atoms with Crippen molar-refractivity contribution < 1.29 is 9.13 Å². The first-order valence-corrected chi connectivity index (χ1v) is 14.1. The molecule has 3 aliphatic rings. The van der Waals surface area contributed by atoms with E-state index in [1.54, 1.807) is 6.07 Å². The van der Waals surface area contributed by atoms with Crippen LogP contribution in [-0.2, 0) is 0 Å². The van der Waals surface area contributed by atoms with Crippen LogP contribution in [0.3, 0.4) is 0 Å². The zero-order chi connectivity index (χ0) is 27.4. The Morgan fingerprint density at radius 1 is 1.15 bits per heavy atom. The second-order valence-corrected chi connectivity index (χ2v) is 12.0. The van der Waals surface area contributed by atoms with Gasteiger partial charge in [-0.05, 0) is 62.9 Å². The number of benzene rings is 2. The predicted octanol–water partition coefficient (Wildman–Crippen LogP) is 4.63. The number of hydrogen-bond donors (Lipinski definition) is 1. The maximum Gasteiger partial charge on any atom is 0.319 e. The Kier molecular flexibility index (Phi) is 6.10. The molecule has 2 aromatic heterocycles. The quantitative estimate of drug-likeness (QED) is 0.346. The molecule has 7 rings (SSSR count). The van der Waals surface area contributed by atoms with Crippen molar-refractivity contribution in [3.8, 4) is 29.5 Å². The summed E-state index contributed by atoms with van der Waals surface area (Å²) in [5.41, 5.74) is 3.52. The number of ether oxygens (including phenoxy) is 1. The van der Waals surface area contributed by atoms with E-state index >= 15 is 0 Å². The first-order valence-electron chi connectivity index (χ1n) is 14.1. The number of nitrogens with zero attached hydrogens (tertiary/aromatic N) is 5. The van der Waals surface area contributed by atoms with E-state index in [-0.39, 0.29) is 11.0 Å². The minimum atomic E-state index is -0.406. The molecule has 40 heavy (non-hydrogen) atoms. The summed E-state index contributed by atoms with van der Waals surface area (Å²) in [7, 11) is 4.20. The molecule has 4 heterocycles. The molecule has 8 heteroatoms. The maximum atomic E-state index is 14.7. The van der Waals surface area contributed by atoms with E-state index in [1.165, 1.54) is 18.9 Å². The van der Waals surface area contributed by atoms with Crippen molar-refractivity contribution >= 4 is 27.6 Å². The molecule has 0 radical (unpaired) electrons. The molecule has 0 spiro atoms. The van der Waals surface area contributed by atoms with Gasteiger partial charge in [0.05, 0.1) is 17.7 Å². The highest BCUT2D eigenvalue weighted by Gasteiger charge is 2.44. The zero-order valence-corrected chi connectivity index (χ0v) is 23.0. The highest BCUT2D eigenvalue weighted by molar-refractivity contribution is 6.02. The van der Waals surface area contributed by atoms with Gasteiger partial charge in [-0.2, -0.15) is 9.97 Å². The second kappa shape index (κ2) is 9.69. The average molecular weight is 537 g/mol. The fraction of sp³-hybridized carbons (Fsp3) is 0.406. The number of halogens is 1. The van der Waals surface area contributed by atoms with Crippen molar-refractivity contribution in [1.82, 2.24) is 25.2 Å². The summed E-state index contributed by atoms with van der Waals surface area (Å²) in [5, 5.41) is 5.28. The highest BCUT2D eigenvalue weighted by atomic mass is 19.1. The van der Waals surface area contributed by atoms with Gasteiger partial charge in [0, 0.05) is 54.3 Å². The molecule has 4 aromatic rings. The van der Waals surface area contributed by atoms with Crippen molar-refractivity contribution in [1.29, 1.82) is 0 Å². The number of pyridine rings is 1. The number of fused-ring (bicyclic) bond motifs is 4. The van der Waals surface area contributed by atoms with Crippen LogP contribution in [0.15, 0.2) is 42.6 Å². The number of anilines is 1. The minimum absolute atomic E-state index is 0.162. The summed E-state index contributed by atoms with van der Waals surface area (Å²) in [6.45, 7) is 3.33. The van der Waals surface area contributed by atoms with Crippen LogP contribution in [0, 0.1) is 23.6 Å². The third kappa shape index (κ3) is 4.53. The molecule has 2 bridgehead atoms. The molecule has 2 aromatic carbocycles. The van der Waals surface area contributed by atoms with Crippen LogP contribution in [-0.4, -0.2) is 72.3 Å². The van der Waals surface area contributed by atoms with Crippen LogP contribution in [0.2, 0.25) is 0 Å². The third-order valence-corrected chi connectivity index (χ3v) is 8.58. The lowest BCUT2D eigenvalue weighted by molar-refractivity contribution is 0.183. The molecular weight excluding hydrogens is 503 g/mol. The van der Waals surface area contributed by atoms with Crippen molar-refractivity contribution in [2.75, 3.05) is 45.2 Å². The Morgan fingerprint density at radius 3 is 2.67 bits per heavy atom. The lowest BCUT2D eigenvalue weighted by Crippen LogP contribution is -2.51. The SMILES string of the molecule is C#Cc1c(F)ccc2cccc(-c3cnc4c(N5CC6CCC(C5)N6)nc(OCC5(CN(C)C)CC5)nc4c3)c12. The number of piperazine rings is 1. The van der Waals surface area contributed by atoms with Gasteiger partial charge in [0.15, 0.2) is 5.82 Å². The van der Waals surface area contributed by atoms with E-state index in [4.69, 9.17) is 26.1 Å². The largest absolute Gasteiger partial charge is 0.463 e. The van der Waals surface area contributed by atoms with Crippen LogP contribution in [0.4, 0.5) is 10.2 Å². The smallest absolute Gasteiger partial charge is 0.319 e. The van der Waals surface area contributed by atoms with Crippen molar-refractivity contribution in [3.05, 3.63) is 54.0 Å². The fourth-order valence-electron chi connectivity index (χ4n) is 6.53. The molecule has 2 unspecified atom stereocenters. The Morgan fingerprint density at radius 2 is 1.95 bits per heavy atom. The van der Waals surface area contributed by atoms with Crippen LogP contribution >= 0.6 is 0 Å². The van der Waals surface area contributed by atoms with Gasteiger partial charge in [-0.1, -0.05) is 30.2 Å². The molecule has 2 atom stereocenters. The van der Waals surface area contributed by atoms with E-state index in [0.29, 0.717) is 35.6 Å². The van der Waals surface area contributed by atoms with E-state index in [2.05, 4.69) is 35.1 Å². The highest BCUT2D eigenvalue weighted by Crippen LogP contribution is 2.46. The van der Waals surface area contributed by atoms with Gasteiger partial charge >= 0.3 is 6.01 Å². The van der Waals surface area contributed by atoms with E-state index < -0.39 is 5.82 Å². The average Bonchev–Trinajstić information content (AvgIpc) is 3.63. The van der Waals surface area contributed by atoms with Crippen molar-refractivity contribution in [3.63, 3.8) is 0 Å². The monoisotopic (exact) mass is 536 g/mol. The van der Waals surface area contributed by atoms with Crippen LogP contribution in [0.25, 0.3) is 32.9 Å². The molecule has 2 aliphatic heterocycles. The lowest BCUT2D eigenvalue weighted by atomic mass is 9.95. The third-order valence-electron chi connectivity index (χ3n) is 8.58. The number of aromatic nitrogens is 3. The normalized spacial score (nSPS) is 21.2.